The quantitative estimate of drug-likeness (QED) is 0.653. The van der Waals surface area contributed by atoms with Crippen LogP contribution >= 0.6 is 0 Å². The highest BCUT2D eigenvalue weighted by Gasteiger charge is 2.12. The minimum absolute atomic E-state index is 0.381. The van der Waals surface area contributed by atoms with Crippen molar-refractivity contribution in [2.45, 2.75) is 25.9 Å². The van der Waals surface area contributed by atoms with Crippen LogP contribution in [0.2, 0.25) is 0 Å². The maximum absolute atomic E-state index is 5.18. The van der Waals surface area contributed by atoms with E-state index in [0.717, 1.165) is 41.4 Å². The predicted molar refractivity (Wildman–Crippen MR) is 103 cm³/mol. The Bertz CT molecular complexity index is 804. The summed E-state index contributed by atoms with van der Waals surface area (Å²) in [7, 11) is 3.77. The van der Waals surface area contributed by atoms with Crippen LogP contribution < -0.4 is 4.74 Å². The first-order valence-electron chi connectivity index (χ1n) is 8.71. The van der Waals surface area contributed by atoms with E-state index < -0.39 is 0 Å². The van der Waals surface area contributed by atoms with Crippen LogP contribution in [-0.4, -0.2) is 40.1 Å². The third-order valence-electron chi connectivity index (χ3n) is 4.47. The van der Waals surface area contributed by atoms with Gasteiger partial charge in [-0.3, -0.25) is 9.88 Å². The molecule has 0 saturated heterocycles. The van der Waals surface area contributed by atoms with E-state index in [2.05, 4.69) is 39.9 Å². The van der Waals surface area contributed by atoms with E-state index in [-0.39, 0.29) is 0 Å². The Morgan fingerprint density at radius 2 is 1.73 bits per heavy atom. The van der Waals surface area contributed by atoms with Crippen molar-refractivity contribution >= 4 is 0 Å². The van der Waals surface area contributed by atoms with Crippen molar-refractivity contribution in [3.63, 3.8) is 0 Å². The second kappa shape index (κ2) is 8.54. The number of hydrogen-bond acceptors (Lipinski definition) is 5. The number of methoxy groups -OCH3 is 1. The molecule has 1 atom stereocenters. The highest BCUT2D eigenvalue weighted by atomic mass is 16.5. The molecule has 2 aromatic heterocycles. The second-order valence-corrected chi connectivity index (χ2v) is 6.43. The van der Waals surface area contributed by atoms with Gasteiger partial charge >= 0.3 is 0 Å². The summed E-state index contributed by atoms with van der Waals surface area (Å²) in [6.45, 7) is 3.01. The van der Waals surface area contributed by atoms with Crippen molar-refractivity contribution in [3.8, 4) is 17.1 Å². The third-order valence-corrected chi connectivity index (χ3v) is 4.47. The number of aromatic nitrogens is 3. The van der Waals surface area contributed by atoms with Crippen LogP contribution in [0, 0.1) is 0 Å². The smallest absolute Gasteiger partial charge is 0.159 e. The topological polar surface area (TPSA) is 51.1 Å². The number of rotatable bonds is 7. The number of likely N-dealkylation sites (N-methyl/N-ethyl adjacent to an activating group) is 1. The van der Waals surface area contributed by atoms with E-state index in [1.807, 2.05) is 55.0 Å². The second-order valence-electron chi connectivity index (χ2n) is 6.43. The molecule has 0 aliphatic heterocycles. The Hall–Kier alpha value is -2.79. The fourth-order valence-corrected chi connectivity index (χ4v) is 2.75. The fraction of sp³-hybridized carbons (Fsp3) is 0.286. The Balaban J connectivity index is 1.61. The molecule has 0 fully saturated rings. The van der Waals surface area contributed by atoms with Crippen LogP contribution in [0.1, 0.15) is 18.2 Å². The molecule has 0 N–H and O–H groups in total. The highest BCUT2D eigenvalue weighted by Crippen LogP contribution is 2.19. The number of hydrogen-bond donors (Lipinski definition) is 0. The SMILES string of the molecule is COc1ccc(-c2ncc(CN(C)[C@H](C)Cc3ccccn3)cn2)cc1. The van der Waals surface area contributed by atoms with Crippen LogP contribution in [0.5, 0.6) is 5.75 Å². The van der Waals surface area contributed by atoms with Crippen LogP contribution in [0.4, 0.5) is 0 Å². The van der Waals surface area contributed by atoms with Gasteiger partial charge < -0.3 is 4.74 Å². The number of benzene rings is 1. The minimum atomic E-state index is 0.381. The molecule has 0 spiro atoms. The van der Waals surface area contributed by atoms with E-state index in [9.17, 15) is 0 Å². The van der Waals surface area contributed by atoms with Gasteiger partial charge in [-0.2, -0.15) is 0 Å². The first-order valence-corrected chi connectivity index (χ1v) is 8.71. The van der Waals surface area contributed by atoms with E-state index in [1.54, 1.807) is 7.11 Å². The van der Waals surface area contributed by atoms with Crippen molar-refractivity contribution < 1.29 is 4.74 Å². The Morgan fingerprint density at radius 1 is 1.00 bits per heavy atom. The highest BCUT2D eigenvalue weighted by molar-refractivity contribution is 5.55. The molecular formula is C21H24N4O. The predicted octanol–water partition coefficient (Wildman–Crippen LogP) is 3.61. The molecule has 3 aromatic rings. The van der Waals surface area contributed by atoms with Crippen LogP contribution in [0.25, 0.3) is 11.4 Å². The summed E-state index contributed by atoms with van der Waals surface area (Å²) < 4.78 is 5.18. The summed E-state index contributed by atoms with van der Waals surface area (Å²) in [6.07, 6.45) is 6.56. The normalized spacial score (nSPS) is 12.2. The summed E-state index contributed by atoms with van der Waals surface area (Å²) in [4.78, 5) is 15.7. The van der Waals surface area contributed by atoms with Gasteiger partial charge in [0.15, 0.2) is 5.82 Å². The number of pyridine rings is 1. The van der Waals surface area contributed by atoms with Crippen LogP contribution in [-0.2, 0) is 13.0 Å². The molecule has 2 heterocycles. The summed E-state index contributed by atoms with van der Waals surface area (Å²) >= 11 is 0. The summed E-state index contributed by atoms with van der Waals surface area (Å²) in [6, 6.07) is 14.2. The number of ether oxygens (including phenoxy) is 1. The van der Waals surface area contributed by atoms with Gasteiger partial charge in [-0.05, 0) is 50.4 Å². The molecule has 5 heteroatoms. The molecule has 0 aliphatic carbocycles. The average molecular weight is 348 g/mol. The molecule has 5 nitrogen and oxygen atoms in total. The van der Waals surface area contributed by atoms with Gasteiger partial charge in [-0.15, -0.1) is 0 Å². The Kier molecular flexibility index (Phi) is 5.92. The summed E-state index contributed by atoms with van der Waals surface area (Å²) in [5.41, 5.74) is 3.19. The molecule has 26 heavy (non-hydrogen) atoms. The largest absolute Gasteiger partial charge is 0.497 e. The molecule has 0 amide bonds. The molecule has 134 valence electrons. The minimum Gasteiger partial charge on any atom is -0.497 e. The lowest BCUT2D eigenvalue weighted by atomic mass is 10.1. The van der Waals surface area contributed by atoms with Crippen LogP contribution in [0.15, 0.2) is 61.1 Å². The first kappa shape index (κ1) is 18.0. The van der Waals surface area contributed by atoms with Gasteiger partial charge in [0.25, 0.3) is 0 Å². The maximum Gasteiger partial charge on any atom is 0.159 e. The summed E-state index contributed by atoms with van der Waals surface area (Å²) in [5.74, 6) is 1.55. The van der Waals surface area contributed by atoms with E-state index in [4.69, 9.17) is 4.74 Å². The van der Waals surface area contributed by atoms with Gasteiger partial charge in [0.2, 0.25) is 0 Å². The Morgan fingerprint density at radius 3 is 2.35 bits per heavy atom. The molecule has 0 aliphatic rings. The van der Waals surface area contributed by atoms with Crippen molar-refractivity contribution in [2.75, 3.05) is 14.2 Å². The molecule has 0 unspecified atom stereocenters. The maximum atomic E-state index is 5.18. The van der Waals surface area contributed by atoms with Crippen molar-refractivity contribution in [3.05, 3.63) is 72.3 Å². The zero-order chi connectivity index (χ0) is 18.4. The molecule has 0 saturated carbocycles. The monoisotopic (exact) mass is 348 g/mol. The first-order chi connectivity index (χ1) is 12.7. The molecular weight excluding hydrogens is 324 g/mol. The van der Waals surface area contributed by atoms with E-state index in [0.29, 0.717) is 6.04 Å². The molecule has 1 aromatic carbocycles. The van der Waals surface area contributed by atoms with Crippen molar-refractivity contribution in [2.24, 2.45) is 0 Å². The summed E-state index contributed by atoms with van der Waals surface area (Å²) in [5, 5.41) is 0. The lowest BCUT2D eigenvalue weighted by molar-refractivity contribution is 0.246. The van der Waals surface area contributed by atoms with Crippen LogP contribution in [0.3, 0.4) is 0 Å². The van der Waals surface area contributed by atoms with E-state index >= 15 is 0 Å². The lowest BCUT2D eigenvalue weighted by Gasteiger charge is -2.24. The van der Waals surface area contributed by atoms with Gasteiger partial charge in [0, 0.05) is 54.4 Å². The molecule has 3 rings (SSSR count). The standard InChI is InChI=1S/C21H24N4O/c1-16(12-19-6-4-5-11-22-19)25(2)15-17-13-23-21(24-14-17)18-7-9-20(26-3)10-8-18/h4-11,13-14,16H,12,15H2,1-3H3/t16-/m1/s1. The average Bonchev–Trinajstić information content (AvgIpc) is 2.69. The van der Waals surface area contributed by atoms with Crippen molar-refractivity contribution in [1.29, 1.82) is 0 Å². The van der Waals surface area contributed by atoms with Gasteiger partial charge in [0.1, 0.15) is 5.75 Å². The zero-order valence-corrected chi connectivity index (χ0v) is 15.5. The number of nitrogens with zero attached hydrogens (tertiary/aromatic N) is 4. The lowest BCUT2D eigenvalue weighted by Crippen LogP contribution is -2.30. The van der Waals surface area contributed by atoms with Gasteiger partial charge in [0.05, 0.1) is 7.11 Å². The Labute approximate surface area is 154 Å². The molecule has 0 radical (unpaired) electrons. The zero-order valence-electron chi connectivity index (χ0n) is 15.5. The third kappa shape index (κ3) is 4.64. The van der Waals surface area contributed by atoms with Gasteiger partial charge in [-0.1, -0.05) is 6.07 Å². The van der Waals surface area contributed by atoms with E-state index in [1.165, 1.54) is 0 Å². The molecule has 0 bridgehead atoms. The van der Waals surface area contributed by atoms with Gasteiger partial charge in [-0.25, -0.2) is 9.97 Å². The van der Waals surface area contributed by atoms with Crippen molar-refractivity contribution in [1.82, 2.24) is 19.9 Å². The fourth-order valence-electron chi connectivity index (χ4n) is 2.75.